The quantitative estimate of drug-likeness (QED) is 0.679. The summed E-state index contributed by atoms with van der Waals surface area (Å²) in [7, 11) is 0. The molecule has 0 radical (unpaired) electrons. The number of rotatable bonds is 10. The first kappa shape index (κ1) is 19.1. The lowest BCUT2D eigenvalue weighted by Crippen LogP contribution is -2.38. The zero-order chi connectivity index (χ0) is 18.1. The van der Waals surface area contributed by atoms with Gasteiger partial charge in [0.1, 0.15) is 5.82 Å². The largest absolute Gasteiger partial charge is 0.481 e. The smallest absolute Gasteiger partial charge is 0.303 e. The normalized spacial score (nSPS) is 13.4. The molecule has 2 N–H and O–H groups in total. The van der Waals surface area contributed by atoms with Crippen LogP contribution in [0.4, 0.5) is 4.39 Å². The van der Waals surface area contributed by atoms with Crippen LogP contribution in [0.5, 0.6) is 0 Å². The van der Waals surface area contributed by atoms with Gasteiger partial charge in [-0.15, -0.1) is 0 Å². The molecule has 134 valence electrons. The van der Waals surface area contributed by atoms with Crippen molar-refractivity contribution in [3.8, 4) is 0 Å². The molecule has 0 aliphatic heterocycles. The molecule has 0 saturated heterocycles. The monoisotopic (exact) mass is 343 g/mol. The summed E-state index contributed by atoms with van der Waals surface area (Å²) in [6.07, 6.45) is 3.37. The van der Waals surface area contributed by atoms with Crippen molar-refractivity contribution in [3.63, 3.8) is 0 Å². The third-order valence-electron chi connectivity index (χ3n) is 4.33. The first-order valence-corrected chi connectivity index (χ1v) is 8.79. The predicted octanol–water partition coefficient (Wildman–Crippen LogP) is 4.21. The molecule has 0 heterocycles. The van der Waals surface area contributed by atoms with Crippen molar-refractivity contribution in [2.75, 3.05) is 0 Å². The summed E-state index contributed by atoms with van der Waals surface area (Å²) in [5, 5.41) is 12.5. The molecular weight excluding hydrogens is 317 g/mol. The second kappa shape index (κ2) is 9.94. The molecule has 2 aromatic rings. The average molecular weight is 343 g/mol. The van der Waals surface area contributed by atoms with Crippen LogP contribution in [0.3, 0.4) is 0 Å². The van der Waals surface area contributed by atoms with Crippen LogP contribution in [0.2, 0.25) is 0 Å². The number of halogens is 1. The number of nitrogens with one attached hydrogen (secondary N) is 1. The Morgan fingerprint density at radius 2 is 1.72 bits per heavy atom. The predicted molar refractivity (Wildman–Crippen MR) is 98.1 cm³/mol. The maximum Gasteiger partial charge on any atom is 0.303 e. The van der Waals surface area contributed by atoms with Crippen molar-refractivity contribution < 1.29 is 14.3 Å². The number of aryl methyl sites for hydroxylation is 1. The van der Waals surface area contributed by atoms with Crippen LogP contribution < -0.4 is 5.32 Å². The van der Waals surface area contributed by atoms with Crippen molar-refractivity contribution in [3.05, 3.63) is 71.5 Å². The Bertz CT molecular complexity index is 643. The molecule has 0 fully saturated rings. The molecule has 4 heteroatoms. The van der Waals surface area contributed by atoms with Crippen molar-refractivity contribution in [2.24, 2.45) is 0 Å². The summed E-state index contributed by atoms with van der Waals surface area (Å²) >= 11 is 0. The molecule has 0 aliphatic rings. The Labute approximate surface area is 148 Å². The summed E-state index contributed by atoms with van der Waals surface area (Å²) in [6, 6.07) is 17.1. The molecule has 3 nitrogen and oxygen atoms in total. The summed E-state index contributed by atoms with van der Waals surface area (Å²) in [5.41, 5.74) is 2.32. The van der Waals surface area contributed by atoms with E-state index in [0.29, 0.717) is 6.42 Å². The molecule has 2 atom stereocenters. The number of aliphatic carboxylic acids is 1. The van der Waals surface area contributed by atoms with Crippen LogP contribution in [0.1, 0.15) is 37.3 Å². The van der Waals surface area contributed by atoms with Gasteiger partial charge in [-0.3, -0.25) is 4.79 Å². The minimum Gasteiger partial charge on any atom is -0.481 e. The molecule has 0 amide bonds. The minimum absolute atomic E-state index is 0.127. The number of carboxylic acid groups (broad SMARTS) is 1. The van der Waals surface area contributed by atoms with Crippen molar-refractivity contribution >= 4 is 5.97 Å². The van der Waals surface area contributed by atoms with Crippen LogP contribution in [-0.2, 0) is 17.6 Å². The fraction of sp³-hybridized carbons (Fsp3) is 0.381. The molecule has 2 unspecified atom stereocenters. The Kier molecular flexibility index (Phi) is 7.61. The molecule has 2 aromatic carbocycles. The van der Waals surface area contributed by atoms with Gasteiger partial charge in [-0.05, 0) is 55.9 Å². The SMILES string of the molecule is CC(CCc1ccc(F)cc1)NC(CCC(=O)O)Cc1ccccc1. The fourth-order valence-corrected chi connectivity index (χ4v) is 2.96. The van der Waals surface area contributed by atoms with E-state index in [4.69, 9.17) is 5.11 Å². The van der Waals surface area contributed by atoms with Gasteiger partial charge in [0.05, 0.1) is 0 Å². The van der Waals surface area contributed by atoms with Crippen molar-refractivity contribution in [1.82, 2.24) is 5.32 Å². The number of hydrogen-bond donors (Lipinski definition) is 2. The van der Waals surface area contributed by atoms with E-state index in [0.717, 1.165) is 24.8 Å². The molecule has 0 aliphatic carbocycles. The van der Waals surface area contributed by atoms with E-state index in [1.54, 1.807) is 0 Å². The standard InChI is InChI=1S/C21H26FNO2/c1-16(7-8-17-9-11-19(22)12-10-17)23-20(13-14-21(24)25)15-18-5-3-2-4-6-18/h2-6,9-12,16,20,23H,7-8,13-15H2,1H3,(H,24,25). The van der Waals surface area contributed by atoms with Crippen LogP contribution in [0, 0.1) is 5.82 Å². The zero-order valence-corrected chi connectivity index (χ0v) is 14.6. The van der Waals surface area contributed by atoms with Gasteiger partial charge < -0.3 is 10.4 Å². The highest BCUT2D eigenvalue weighted by atomic mass is 19.1. The summed E-state index contributed by atoms with van der Waals surface area (Å²) in [6.45, 7) is 2.11. The van der Waals surface area contributed by atoms with Gasteiger partial charge >= 0.3 is 5.97 Å². The molecule has 25 heavy (non-hydrogen) atoms. The number of carbonyl (C=O) groups is 1. The molecule has 0 aromatic heterocycles. The fourth-order valence-electron chi connectivity index (χ4n) is 2.96. The van der Waals surface area contributed by atoms with Gasteiger partial charge in [0, 0.05) is 18.5 Å². The summed E-state index contributed by atoms with van der Waals surface area (Å²) in [5.74, 6) is -0.981. The topological polar surface area (TPSA) is 49.3 Å². The summed E-state index contributed by atoms with van der Waals surface area (Å²) < 4.78 is 13.0. The molecular formula is C21H26FNO2. The van der Waals surface area contributed by atoms with E-state index in [1.165, 1.54) is 17.7 Å². The van der Waals surface area contributed by atoms with E-state index < -0.39 is 5.97 Å². The van der Waals surface area contributed by atoms with Gasteiger partial charge in [0.25, 0.3) is 0 Å². The van der Waals surface area contributed by atoms with Crippen LogP contribution in [-0.4, -0.2) is 23.2 Å². The lowest BCUT2D eigenvalue weighted by Gasteiger charge is -2.23. The van der Waals surface area contributed by atoms with E-state index >= 15 is 0 Å². The highest BCUT2D eigenvalue weighted by Gasteiger charge is 2.14. The van der Waals surface area contributed by atoms with Crippen molar-refractivity contribution in [1.29, 1.82) is 0 Å². The van der Waals surface area contributed by atoms with Crippen molar-refractivity contribution in [2.45, 2.75) is 51.1 Å². The van der Waals surface area contributed by atoms with E-state index in [9.17, 15) is 9.18 Å². The Morgan fingerprint density at radius 3 is 2.36 bits per heavy atom. The highest BCUT2D eigenvalue weighted by Crippen LogP contribution is 2.12. The Morgan fingerprint density at radius 1 is 1.04 bits per heavy atom. The number of benzene rings is 2. The van der Waals surface area contributed by atoms with Crippen LogP contribution in [0.15, 0.2) is 54.6 Å². The maximum atomic E-state index is 13.0. The third-order valence-corrected chi connectivity index (χ3v) is 4.33. The van der Waals surface area contributed by atoms with Crippen LogP contribution in [0.25, 0.3) is 0 Å². The van der Waals surface area contributed by atoms with E-state index in [1.807, 2.05) is 30.3 Å². The van der Waals surface area contributed by atoms with Gasteiger partial charge in [-0.2, -0.15) is 0 Å². The average Bonchev–Trinajstić information content (AvgIpc) is 2.60. The summed E-state index contributed by atoms with van der Waals surface area (Å²) in [4.78, 5) is 10.9. The number of carboxylic acids is 1. The first-order chi connectivity index (χ1) is 12.0. The second-order valence-electron chi connectivity index (χ2n) is 6.55. The minimum atomic E-state index is -0.765. The van der Waals surface area contributed by atoms with E-state index in [2.05, 4.69) is 24.4 Å². The Balaban J connectivity index is 1.87. The zero-order valence-electron chi connectivity index (χ0n) is 14.6. The lowest BCUT2D eigenvalue weighted by molar-refractivity contribution is -0.137. The third kappa shape index (κ3) is 7.48. The Hall–Kier alpha value is -2.20. The van der Waals surface area contributed by atoms with E-state index in [-0.39, 0.29) is 24.3 Å². The molecule has 0 saturated carbocycles. The highest BCUT2D eigenvalue weighted by molar-refractivity contribution is 5.66. The maximum absolute atomic E-state index is 13.0. The first-order valence-electron chi connectivity index (χ1n) is 8.79. The molecule has 2 rings (SSSR count). The van der Waals surface area contributed by atoms with Crippen LogP contribution >= 0.6 is 0 Å². The van der Waals surface area contributed by atoms with Gasteiger partial charge in [0.2, 0.25) is 0 Å². The molecule has 0 bridgehead atoms. The van der Waals surface area contributed by atoms with Gasteiger partial charge in [0.15, 0.2) is 0 Å². The van der Waals surface area contributed by atoms with Gasteiger partial charge in [-0.1, -0.05) is 42.5 Å². The number of hydrogen-bond acceptors (Lipinski definition) is 2. The second-order valence-corrected chi connectivity index (χ2v) is 6.55. The lowest BCUT2D eigenvalue weighted by atomic mass is 9.99. The van der Waals surface area contributed by atoms with Gasteiger partial charge in [-0.25, -0.2) is 4.39 Å². The molecule has 0 spiro atoms.